The molecule has 1 aromatic rings. The summed E-state index contributed by atoms with van der Waals surface area (Å²) >= 11 is 0. The third-order valence-electron chi connectivity index (χ3n) is 3.25. The van der Waals surface area contributed by atoms with Crippen molar-refractivity contribution in [2.24, 2.45) is 0 Å². The van der Waals surface area contributed by atoms with Crippen molar-refractivity contribution in [2.75, 3.05) is 20.8 Å². The van der Waals surface area contributed by atoms with E-state index in [4.69, 9.17) is 4.74 Å². The van der Waals surface area contributed by atoms with Crippen LogP contribution in [-0.2, 0) is 16.1 Å². The third-order valence-corrected chi connectivity index (χ3v) is 3.25. The molecule has 114 valence electrons. The number of hydrogen-bond acceptors (Lipinski definition) is 3. The van der Waals surface area contributed by atoms with E-state index in [0.29, 0.717) is 19.2 Å². The largest absolute Gasteiger partial charge is 0.383 e. The molecule has 0 aliphatic rings. The van der Waals surface area contributed by atoms with Gasteiger partial charge in [0.25, 0.3) is 0 Å². The summed E-state index contributed by atoms with van der Waals surface area (Å²) in [5.74, 6) is 0.00759. The standard InChI is InChI=1S/C15H27N3O2/c1-5-6-14(16-3)13-7-8-18(9-13)10-15(19)17-12(2)11-20-4/h7-9,12,14,16H,5-6,10-11H2,1-4H3,(H,17,19). The molecule has 1 rings (SSSR count). The minimum atomic E-state index is 0.00759. The smallest absolute Gasteiger partial charge is 0.240 e. The maximum Gasteiger partial charge on any atom is 0.240 e. The molecule has 0 fully saturated rings. The summed E-state index contributed by atoms with van der Waals surface area (Å²) < 4.78 is 6.92. The molecule has 2 atom stereocenters. The average molecular weight is 281 g/mol. The maximum absolute atomic E-state index is 11.9. The fraction of sp³-hybridized carbons (Fsp3) is 0.667. The van der Waals surface area contributed by atoms with Crippen LogP contribution in [0.5, 0.6) is 0 Å². The topological polar surface area (TPSA) is 55.3 Å². The molecular formula is C15H27N3O2. The van der Waals surface area contributed by atoms with Crippen molar-refractivity contribution in [3.05, 3.63) is 24.0 Å². The minimum Gasteiger partial charge on any atom is -0.383 e. The van der Waals surface area contributed by atoms with E-state index in [9.17, 15) is 4.79 Å². The van der Waals surface area contributed by atoms with E-state index in [-0.39, 0.29) is 11.9 Å². The summed E-state index contributed by atoms with van der Waals surface area (Å²) in [4.78, 5) is 11.9. The first kappa shape index (κ1) is 16.7. The molecule has 5 nitrogen and oxygen atoms in total. The van der Waals surface area contributed by atoms with Gasteiger partial charge in [0.05, 0.1) is 6.61 Å². The Balaban J connectivity index is 2.52. The van der Waals surface area contributed by atoms with Gasteiger partial charge in [0.15, 0.2) is 0 Å². The van der Waals surface area contributed by atoms with Crippen LogP contribution in [0, 0.1) is 0 Å². The van der Waals surface area contributed by atoms with Crippen LogP contribution in [0.1, 0.15) is 38.3 Å². The normalized spacial score (nSPS) is 14.0. The molecule has 0 saturated carbocycles. The van der Waals surface area contributed by atoms with Gasteiger partial charge in [-0.2, -0.15) is 0 Å². The number of carbonyl (C=O) groups is 1. The second-order valence-electron chi connectivity index (χ2n) is 5.17. The van der Waals surface area contributed by atoms with Crippen LogP contribution in [-0.4, -0.2) is 37.3 Å². The Morgan fingerprint density at radius 2 is 2.25 bits per heavy atom. The third kappa shape index (κ3) is 5.35. The highest BCUT2D eigenvalue weighted by Crippen LogP contribution is 2.18. The van der Waals surface area contributed by atoms with Crippen LogP contribution in [0.2, 0.25) is 0 Å². The highest BCUT2D eigenvalue weighted by atomic mass is 16.5. The number of methoxy groups -OCH3 is 1. The van der Waals surface area contributed by atoms with E-state index < -0.39 is 0 Å². The van der Waals surface area contributed by atoms with Gasteiger partial charge < -0.3 is 19.9 Å². The number of carbonyl (C=O) groups excluding carboxylic acids is 1. The number of nitrogens with one attached hydrogen (secondary N) is 2. The molecule has 0 saturated heterocycles. The fourth-order valence-corrected chi connectivity index (χ4v) is 2.31. The average Bonchev–Trinajstić information content (AvgIpc) is 2.84. The van der Waals surface area contributed by atoms with Gasteiger partial charge in [-0.05, 0) is 32.0 Å². The molecule has 1 heterocycles. The molecule has 2 unspecified atom stereocenters. The highest BCUT2D eigenvalue weighted by Gasteiger charge is 2.11. The summed E-state index contributed by atoms with van der Waals surface area (Å²) in [6.07, 6.45) is 6.22. The zero-order valence-electron chi connectivity index (χ0n) is 13.0. The molecule has 0 spiro atoms. The number of hydrogen-bond donors (Lipinski definition) is 2. The molecule has 2 N–H and O–H groups in total. The lowest BCUT2D eigenvalue weighted by molar-refractivity contribution is -0.122. The van der Waals surface area contributed by atoms with Gasteiger partial charge in [0.2, 0.25) is 5.91 Å². The Bertz CT molecular complexity index is 404. The van der Waals surface area contributed by atoms with E-state index in [1.807, 2.05) is 30.9 Å². The van der Waals surface area contributed by atoms with E-state index in [1.54, 1.807) is 7.11 Å². The van der Waals surface area contributed by atoms with Crippen molar-refractivity contribution in [3.63, 3.8) is 0 Å². The molecule has 1 aromatic heterocycles. The Kier molecular flexibility index (Phi) is 7.33. The Morgan fingerprint density at radius 1 is 1.50 bits per heavy atom. The fourth-order valence-electron chi connectivity index (χ4n) is 2.31. The molecule has 0 bridgehead atoms. The SMILES string of the molecule is CCCC(NC)c1ccn(CC(=O)NC(C)COC)c1. The molecule has 0 aliphatic heterocycles. The van der Waals surface area contributed by atoms with Gasteiger partial charge in [0.1, 0.15) is 6.54 Å². The predicted molar refractivity (Wildman–Crippen MR) is 80.6 cm³/mol. The first-order chi connectivity index (χ1) is 9.60. The van der Waals surface area contributed by atoms with Gasteiger partial charge >= 0.3 is 0 Å². The van der Waals surface area contributed by atoms with Gasteiger partial charge in [-0.25, -0.2) is 0 Å². The first-order valence-corrected chi connectivity index (χ1v) is 7.21. The lowest BCUT2D eigenvalue weighted by atomic mass is 10.1. The monoisotopic (exact) mass is 281 g/mol. The van der Waals surface area contributed by atoms with E-state index in [0.717, 1.165) is 12.8 Å². The second-order valence-corrected chi connectivity index (χ2v) is 5.17. The van der Waals surface area contributed by atoms with Gasteiger partial charge in [0, 0.05) is 31.6 Å². The summed E-state index contributed by atoms with van der Waals surface area (Å²) in [5, 5.41) is 6.21. The van der Waals surface area contributed by atoms with Crippen molar-refractivity contribution in [1.29, 1.82) is 0 Å². The summed E-state index contributed by atoms with van der Waals surface area (Å²) in [6, 6.07) is 2.47. The van der Waals surface area contributed by atoms with Gasteiger partial charge in [-0.15, -0.1) is 0 Å². The van der Waals surface area contributed by atoms with Crippen molar-refractivity contribution >= 4 is 5.91 Å². The molecule has 0 aromatic carbocycles. The van der Waals surface area contributed by atoms with Gasteiger partial charge in [-0.3, -0.25) is 4.79 Å². The van der Waals surface area contributed by atoms with E-state index in [1.165, 1.54) is 5.56 Å². The number of rotatable bonds is 9. The zero-order valence-corrected chi connectivity index (χ0v) is 13.0. The molecule has 5 heteroatoms. The van der Waals surface area contributed by atoms with Crippen LogP contribution < -0.4 is 10.6 Å². The van der Waals surface area contributed by atoms with Crippen molar-refractivity contribution in [3.8, 4) is 0 Å². The minimum absolute atomic E-state index is 0.00759. The van der Waals surface area contributed by atoms with E-state index >= 15 is 0 Å². The number of amides is 1. The Labute approximate surface area is 121 Å². The summed E-state index contributed by atoms with van der Waals surface area (Å²) in [7, 11) is 3.60. The van der Waals surface area contributed by atoms with Crippen molar-refractivity contribution in [1.82, 2.24) is 15.2 Å². The molecule has 1 amide bonds. The lowest BCUT2D eigenvalue weighted by Crippen LogP contribution is -2.37. The quantitative estimate of drug-likeness (QED) is 0.724. The zero-order chi connectivity index (χ0) is 15.0. The number of ether oxygens (including phenoxy) is 1. The molecule has 0 aliphatic carbocycles. The van der Waals surface area contributed by atoms with Gasteiger partial charge in [-0.1, -0.05) is 13.3 Å². The van der Waals surface area contributed by atoms with Crippen LogP contribution in [0.25, 0.3) is 0 Å². The predicted octanol–water partition coefficient (Wildman–Crippen LogP) is 1.70. The molecule has 0 radical (unpaired) electrons. The molecule has 20 heavy (non-hydrogen) atoms. The Hall–Kier alpha value is -1.33. The van der Waals surface area contributed by atoms with Crippen LogP contribution in [0.4, 0.5) is 0 Å². The summed E-state index contributed by atoms with van der Waals surface area (Å²) in [5.41, 5.74) is 1.23. The first-order valence-electron chi connectivity index (χ1n) is 7.21. The van der Waals surface area contributed by atoms with Crippen molar-refractivity contribution < 1.29 is 9.53 Å². The van der Waals surface area contributed by atoms with Crippen LogP contribution in [0.15, 0.2) is 18.5 Å². The van der Waals surface area contributed by atoms with Crippen LogP contribution in [0.3, 0.4) is 0 Å². The molecular weight excluding hydrogens is 254 g/mol. The lowest BCUT2D eigenvalue weighted by Gasteiger charge is -2.14. The number of aromatic nitrogens is 1. The highest BCUT2D eigenvalue weighted by molar-refractivity contribution is 5.76. The maximum atomic E-state index is 11.9. The van der Waals surface area contributed by atoms with Crippen molar-refractivity contribution in [2.45, 2.75) is 45.3 Å². The summed E-state index contributed by atoms with van der Waals surface area (Å²) in [6.45, 7) is 4.98. The van der Waals surface area contributed by atoms with Crippen LogP contribution >= 0.6 is 0 Å². The second kappa shape index (κ2) is 8.76. The Morgan fingerprint density at radius 3 is 2.85 bits per heavy atom. The number of nitrogens with zero attached hydrogens (tertiary/aromatic N) is 1. The van der Waals surface area contributed by atoms with E-state index in [2.05, 4.69) is 23.6 Å².